The summed E-state index contributed by atoms with van der Waals surface area (Å²) in [5.41, 5.74) is 1.48. The van der Waals surface area contributed by atoms with Crippen LogP contribution in [0.2, 0.25) is 0 Å². The van der Waals surface area contributed by atoms with Crippen LogP contribution in [-0.2, 0) is 9.53 Å². The van der Waals surface area contributed by atoms with E-state index in [0.29, 0.717) is 27.8 Å². The Morgan fingerprint density at radius 1 is 0.972 bits per heavy atom. The maximum atomic E-state index is 13.6. The minimum absolute atomic E-state index is 0.00627. The number of rotatable bonds is 6. The lowest BCUT2D eigenvalue weighted by molar-refractivity contribution is -0.117. The van der Waals surface area contributed by atoms with Crippen molar-refractivity contribution in [1.82, 2.24) is 0 Å². The molecule has 0 bridgehead atoms. The van der Waals surface area contributed by atoms with Crippen molar-refractivity contribution in [2.75, 3.05) is 11.5 Å². The Morgan fingerprint density at radius 2 is 1.67 bits per heavy atom. The predicted octanol–water partition coefficient (Wildman–Crippen LogP) is 5.10. The van der Waals surface area contributed by atoms with Gasteiger partial charge in [-0.2, -0.15) is 0 Å². The molecule has 2 heterocycles. The third-order valence-corrected chi connectivity index (χ3v) is 5.97. The minimum atomic E-state index is -1.01. The molecule has 1 aliphatic rings. The highest BCUT2D eigenvalue weighted by Crippen LogP contribution is 2.42. The predicted molar refractivity (Wildman–Crippen MR) is 131 cm³/mol. The summed E-state index contributed by atoms with van der Waals surface area (Å²) in [6.45, 7) is 1.92. The zero-order chi connectivity index (χ0) is 25.4. The van der Waals surface area contributed by atoms with E-state index >= 15 is 0 Å². The van der Waals surface area contributed by atoms with Crippen LogP contribution in [0.1, 0.15) is 39.4 Å². The molecule has 1 atom stereocenters. The van der Waals surface area contributed by atoms with E-state index in [1.165, 1.54) is 29.2 Å². The van der Waals surface area contributed by atoms with Crippen LogP contribution < -0.4 is 4.90 Å². The van der Waals surface area contributed by atoms with Gasteiger partial charge in [0.1, 0.15) is 11.3 Å². The lowest BCUT2D eigenvalue weighted by Crippen LogP contribution is -2.31. The summed E-state index contributed by atoms with van der Waals surface area (Å²) >= 11 is 0. The molecule has 1 amide bonds. The number of ether oxygens (including phenoxy) is 1. The molecule has 1 aromatic heterocycles. The Morgan fingerprint density at radius 3 is 2.33 bits per heavy atom. The van der Waals surface area contributed by atoms with Crippen LogP contribution >= 0.6 is 0 Å². The van der Waals surface area contributed by atoms with E-state index in [-0.39, 0.29) is 23.7 Å². The number of carbonyl (C=O) groups is 3. The van der Waals surface area contributed by atoms with Crippen molar-refractivity contribution in [3.8, 4) is 5.75 Å². The van der Waals surface area contributed by atoms with Gasteiger partial charge in [0.05, 0.1) is 23.8 Å². The van der Waals surface area contributed by atoms with Gasteiger partial charge in [-0.05, 0) is 61.0 Å². The number of hydrogen-bond acceptors (Lipinski definition) is 7. The molecule has 36 heavy (non-hydrogen) atoms. The van der Waals surface area contributed by atoms with E-state index in [0.717, 1.165) is 0 Å². The van der Waals surface area contributed by atoms with Gasteiger partial charge in [0.2, 0.25) is 5.78 Å². The first-order valence-electron chi connectivity index (χ1n) is 11.2. The smallest absolute Gasteiger partial charge is 0.338 e. The fourth-order valence-corrected chi connectivity index (χ4v) is 4.27. The second kappa shape index (κ2) is 9.07. The van der Waals surface area contributed by atoms with Gasteiger partial charge in [-0.15, -0.1) is 0 Å². The number of anilines is 1. The van der Waals surface area contributed by atoms with Gasteiger partial charge in [-0.25, -0.2) is 4.79 Å². The van der Waals surface area contributed by atoms with E-state index in [1.807, 2.05) is 6.07 Å². The maximum Gasteiger partial charge on any atom is 0.338 e. The van der Waals surface area contributed by atoms with E-state index in [1.54, 1.807) is 55.5 Å². The van der Waals surface area contributed by atoms with Gasteiger partial charge >= 0.3 is 5.97 Å². The van der Waals surface area contributed by atoms with Gasteiger partial charge in [0.15, 0.2) is 11.5 Å². The molecule has 0 aliphatic carbocycles. The summed E-state index contributed by atoms with van der Waals surface area (Å²) in [6, 6.07) is 19.7. The summed E-state index contributed by atoms with van der Waals surface area (Å²) in [5, 5.41) is 21.4. The third kappa shape index (κ3) is 3.88. The molecule has 4 aromatic rings. The second-order valence-electron chi connectivity index (χ2n) is 8.18. The molecule has 0 spiro atoms. The van der Waals surface area contributed by atoms with E-state index in [4.69, 9.17) is 9.15 Å². The summed E-state index contributed by atoms with van der Waals surface area (Å²) in [4.78, 5) is 40.2. The summed E-state index contributed by atoms with van der Waals surface area (Å²) < 4.78 is 10.7. The van der Waals surface area contributed by atoms with Crippen LogP contribution in [0, 0.1) is 0 Å². The monoisotopic (exact) mass is 483 g/mol. The number of nitrogens with zero attached hydrogens (tertiary/aromatic N) is 1. The minimum Gasteiger partial charge on any atom is -0.508 e. The third-order valence-electron chi connectivity index (χ3n) is 5.97. The Balaban J connectivity index is 1.59. The maximum absolute atomic E-state index is 13.6. The number of hydrogen-bond donors (Lipinski definition) is 2. The van der Waals surface area contributed by atoms with Crippen molar-refractivity contribution in [3.63, 3.8) is 0 Å². The average Bonchev–Trinajstić information content (AvgIpc) is 3.43. The van der Waals surface area contributed by atoms with Crippen LogP contribution in [0.4, 0.5) is 5.69 Å². The first-order chi connectivity index (χ1) is 17.4. The van der Waals surface area contributed by atoms with E-state index in [9.17, 15) is 24.6 Å². The standard InChI is InChI=1S/C28H21NO7/c1-2-35-28(34)17-7-11-19(12-8-17)29-24(16-9-13-20(30)14-10-16)23(26(32)27(29)33)25(31)22-15-18-5-3-4-6-21(18)36-22/h3-15,24,30,32H,2H2,1H3. The molecule has 2 N–H and O–H groups in total. The second-order valence-corrected chi connectivity index (χ2v) is 8.18. The number of benzene rings is 3. The Labute approximate surface area is 205 Å². The molecule has 0 fully saturated rings. The summed E-state index contributed by atoms with van der Waals surface area (Å²) in [6.07, 6.45) is 0. The highest BCUT2D eigenvalue weighted by Gasteiger charge is 2.45. The number of aromatic hydroxyl groups is 1. The molecule has 0 saturated carbocycles. The first kappa shape index (κ1) is 22.9. The van der Waals surface area contributed by atoms with Crippen molar-refractivity contribution >= 4 is 34.3 Å². The molecule has 8 nitrogen and oxygen atoms in total. The number of esters is 1. The number of furan rings is 1. The number of ketones is 1. The number of aliphatic hydroxyl groups excluding tert-OH is 1. The quantitative estimate of drug-likeness (QED) is 0.289. The van der Waals surface area contributed by atoms with Crippen molar-refractivity contribution in [1.29, 1.82) is 0 Å². The van der Waals surface area contributed by atoms with Crippen LogP contribution in [0.15, 0.2) is 94.6 Å². The van der Waals surface area contributed by atoms with Gasteiger partial charge in [0, 0.05) is 11.1 Å². The molecule has 3 aromatic carbocycles. The first-order valence-corrected chi connectivity index (χ1v) is 11.2. The molecule has 1 aliphatic heterocycles. The van der Waals surface area contributed by atoms with E-state index < -0.39 is 29.5 Å². The molecular weight excluding hydrogens is 462 g/mol. The molecule has 8 heteroatoms. The zero-order valence-electron chi connectivity index (χ0n) is 19.2. The number of aliphatic hydroxyl groups is 1. The summed E-state index contributed by atoms with van der Waals surface area (Å²) in [5.74, 6) is -2.64. The van der Waals surface area contributed by atoms with Crippen molar-refractivity contribution < 1.29 is 33.8 Å². The van der Waals surface area contributed by atoms with Gasteiger partial charge in [0.25, 0.3) is 5.91 Å². The summed E-state index contributed by atoms with van der Waals surface area (Å²) in [7, 11) is 0. The number of phenolic OH excluding ortho intramolecular Hbond substituents is 1. The van der Waals surface area contributed by atoms with Gasteiger partial charge in [-0.1, -0.05) is 30.3 Å². The van der Waals surface area contributed by atoms with Crippen LogP contribution in [-0.4, -0.2) is 34.5 Å². The van der Waals surface area contributed by atoms with Crippen molar-refractivity contribution in [3.05, 3.63) is 107 Å². The lowest BCUT2D eigenvalue weighted by atomic mass is 9.94. The topological polar surface area (TPSA) is 117 Å². The Bertz CT molecular complexity index is 1480. The number of amides is 1. The molecule has 180 valence electrons. The highest BCUT2D eigenvalue weighted by atomic mass is 16.5. The highest BCUT2D eigenvalue weighted by molar-refractivity contribution is 6.20. The van der Waals surface area contributed by atoms with Gasteiger partial charge < -0.3 is 19.4 Å². The van der Waals surface area contributed by atoms with E-state index in [2.05, 4.69) is 0 Å². The van der Waals surface area contributed by atoms with Crippen LogP contribution in [0.3, 0.4) is 0 Å². The SMILES string of the molecule is CCOC(=O)c1ccc(N2C(=O)C(O)=C(C(=O)c3cc4ccccc4o3)C2c2ccc(O)cc2)cc1. The largest absolute Gasteiger partial charge is 0.508 e. The molecule has 1 unspecified atom stereocenters. The number of Topliss-reactive ketones (excluding diaryl/α,β-unsaturated/α-hetero) is 1. The number of phenols is 1. The van der Waals surface area contributed by atoms with Gasteiger partial charge in [-0.3, -0.25) is 14.5 Å². The Kier molecular flexibility index (Phi) is 5.77. The normalized spacial score (nSPS) is 15.5. The fourth-order valence-electron chi connectivity index (χ4n) is 4.27. The Hall–Kier alpha value is -4.85. The zero-order valence-corrected chi connectivity index (χ0v) is 19.2. The number of para-hydroxylation sites is 1. The van der Waals surface area contributed by atoms with Crippen LogP contribution in [0.25, 0.3) is 11.0 Å². The molecule has 0 radical (unpaired) electrons. The van der Waals surface area contributed by atoms with Crippen molar-refractivity contribution in [2.24, 2.45) is 0 Å². The molecule has 0 saturated heterocycles. The lowest BCUT2D eigenvalue weighted by Gasteiger charge is -2.27. The van der Waals surface area contributed by atoms with Crippen molar-refractivity contribution in [2.45, 2.75) is 13.0 Å². The molecular formula is C28H21NO7. The fraction of sp³-hybridized carbons (Fsp3) is 0.107. The number of fused-ring (bicyclic) bond motifs is 1. The molecule has 5 rings (SSSR count). The number of carbonyl (C=O) groups excluding carboxylic acids is 3. The average molecular weight is 483 g/mol. The van der Waals surface area contributed by atoms with Crippen LogP contribution in [0.5, 0.6) is 5.75 Å².